The van der Waals surface area contributed by atoms with E-state index in [-0.39, 0.29) is 6.61 Å². The Bertz CT molecular complexity index is 457. The summed E-state index contributed by atoms with van der Waals surface area (Å²) in [4.78, 5) is 22.5. The normalized spacial score (nSPS) is 10.1. The fourth-order valence-electron chi connectivity index (χ4n) is 1.12. The lowest BCUT2D eigenvalue weighted by Crippen LogP contribution is -2.06. The van der Waals surface area contributed by atoms with Crippen LogP contribution in [-0.2, 0) is 9.53 Å². The van der Waals surface area contributed by atoms with Crippen LogP contribution in [0.25, 0.3) is 0 Å². The molecule has 0 amide bonds. The van der Waals surface area contributed by atoms with Crippen LogP contribution in [0.3, 0.4) is 0 Å². The Labute approximate surface area is 106 Å². The van der Waals surface area contributed by atoms with Gasteiger partial charge in [-0.1, -0.05) is 18.7 Å². The fraction of sp³-hybridized carbons (Fsp3) is 0.143. The molecule has 0 heterocycles. The predicted octanol–water partition coefficient (Wildman–Crippen LogP) is 2.51. The number of hydrogen-bond donors (Lipinski definition) is 0. The largest absolute Gasteiger partial charge is 0.458 e. The van der Waals surface area contributed by atoms with Gasteiger partial charge in [-0.15, -0.1) is 0 Å². The minimum absolute atomic E-state index is 0.239. The van der Waals surface area contributed by atoms with E-state index in [1.807, 2.05) is 6.92 Å². The first kappa shape index (κ1) is 13.7. The number of hydrogen-bond acceptors (Lipinski definition) is 4. The second-order valence-electron chi connectivity index (χ2n) is 3.32. The first-order valence-corrected chi connectivity index (χ1v) is 5.40. The number of rotatable bonds is 5. The van der Waals surface area contributed by atoms with Crippen LogP contribution in [0.4, 0.5) is 0 Å². The monoisotopic (exact) mass is 246 g/mol. The Morgan fingerprint density at radius 2 is 1.94 bits per heavy atom. The molecule has 0 aliphatic carbocycles. The SMILES string of the molecule is C=CC(=O)Oc1ccc(C(=O)OCC=CC)cc1. The van der Waals surface area contributed by atoms with Gasteiger partial charge in [-0.3, -0.25) is 0 Å². The number of benzene rings is 1. The summed E-state index contributed by atoms with van der Waals surface area (Å²) in [6.45, 7) is 5.37. The first-order chi connectivity index (χ1) is 8.67. The molecule has 0 bridgehead atoms. The van der Waals surface area contributed by atoms with Crippen LogP contribution in [0.1, 0.15) is 17.3 Å². The Morgan fingerprint density at radius 1 is 1.28 bits per heavy atom. The molecule has 4 nitrogen and oxygen atoms in total. The summed E-state index contributed by atoms with van der Waals surface area (Å²) in [6.07, 6.45) is 4.60. The predicted molar refractivity (Wildman–Crippen MR) is 67.4 cm³/mol. The summed E-state index contributed by atoms with van der Waals surface area (Å²) in [6, 6.07) is 6.11. The third kappa shape index (κ3) is 4.25. The van der Waals surface area contributed by atoms with Gasteiger partial charge in [-0.25, -0.2) is 9.59 Å². The van der Waals surface area contributed by atoms with E-state index in [0.29, 0.717) is 11.3 Å². The molecular formula is C14H14O4. The van der Waals surface area contributed by atoms with E-state index in [2.05, 4.69) is 6.58 Å². The Kier molecular flexibility index (Phi) is 5.38. The second kappa shape index (κ2) is 7.06. The molecule has 1 rings (SSSR count). The Hall–Kier alpha value is -2.36. The quantitative estimate of drug-likeness (QED) is 0.346. The molecule has 0 fully saturated rings. The number of carbonyl (C=O) groups is 2. The third-order valence-electron chi connectivity index (χ3n) is 2.02. The van der Waals surface area contributed by atoms with Crippen LogP contribution >= 0.6 is 0 Å². The van der Waals surface area contributed by atoms with Gasteiger partial charge < -0.3 is 9.47 Å². The zero-order valence-electron chi connectivity index (χ0n) is 10.1. The van der Waals surface area contributed by atoms with E-state index in [4.69, 9.17) is 9.47 Å². The molecule has 18 heavy (non-hydrogen) atoms. The standard InChI is InChI=1S/C14H14O4/c1-3-5-10-17-14(16)11-6-8-12(9-7-11)18-13(15)4-2/h3-9H,2,10H2,1H3. The second-order valence-corrected chi connectivity index (χ2v) is 3.32. The van der Waals surface area contributed by atoms with Crippen LogP contribution in [0.15, 0.2) is 49.1 Å². The highest BCUT2D eigenvalue weighted by Gasteiger charge is 2.07. The summed E-state index contributed by atoms with van der Waals surface area (Å²) in [7, 11) is 0. The van der Waals surface area contributed by atoms with Gasteiger partial charge in [-0.2, -0.15) is 0 Å². The van der Waals surface area contributed by atoms with E-state index in [1.54, 1.807) is 12.2 Å². The maximum absolute atomic E-state index is 11.5. The molecule has 0 atom stereocenters. The fourth-order valence-corrected chi connectivity index (χ4v) is 1.12. The minimum atomic E-state index is -0.543. The van der Waals surface area contributed by atoms with Crippen molar-refractivity contribution in [2.75, 3.05) is 6.61 Å². The van der Waals surface area contributed by atoms with Gasteiger partial charge >= 0.3 is 11.9 Å². The van der Waals surface area contributed by atoms with Crippen molar-refractivity contribution in [3.8, 4) is 5.75 Å². The zero-order chi connectivity index (χ0) is 13.4. The number of ether oxygens (including phenoxy) is 2. The van der Waals surface area contributed by atoms with E-state index >= 15 is 0 Å². The molecule has 0 aliphatic rings. The molecule has 0 N–H and O–H groups in total. The lowest BCUT2D eigenvalue weighted by molar-refractivity contribution is -0.128. The van der Waals surface area contributed by atoms with E-state index in [0.717, 1.165) is 6.08 Å². The molecule has 0 radical (unpaired) electrons. The highest BCUT2D eigenvalue weighted by atomic mass is 16.5. The van der Waals surface area contributed by atoms with Crippen molar-refractivity contribution in [3.63, 3.8) is 0 Å². The van der Waals surface area contributed by atoms with Gasteiger partial charge in [0.2, 0.25) is 0 Å². The summed E-state index contributed by atoms with van der Waals surface area (Å²) < 4.78 is 9.84. The molecule has 0 spiro atoms. The van der Waals surface area contributed by atoms with Crippen molar-refractivity contribution in [2.45, 2.75) is 6.92 Å². The number of carbonyl (C=O) groups excluding carboxylic acids is 2. The van der Waals surface area contributed by atoms with Crippen LogP contribution in [0, 0.1) is 0 Å². The maximum Gasteiger partial charge on any atom is 0.338 e. The molecule has 1 aromatic carbocycles. The van der Waals surface area contributed by atoms with Crippen LogP contribution in [0.5, 0.6) is 5.75 Å². The average molecular weight is 246 g/mol. The highest BCUT2D eigenvalue weighted by molar-refractivity contribution is 5.89. The van der Waals surface area contributed by atoms with Crippen molar-refractivity contribution < 1.29 is 19.1 Å². The van der Waals surface area contributed by atoms with E-state index in [1.165, 1.54) is 24.3 Å². The maximum atomic E-state index is 11.5. The van der Waals surface area contributed by atoms with E-state index in [9.17, 15) is 9.59 Å². The van der Waals surface area contributed by atoms with Crippen molar-refractivity contribution >= 4 is 11.9 Å². The van der Waals surface area contributed by atoms with Crippen LogP contribution in [0.2, 0.25) is 0 Å². The number of allylic oxidation sites excluding steroid dienone is 1. The van der Waals surface area contributed by atoms with Gasteiger partial charge in [0.15, 0.2) is 0 Å². The van der Waals surface area contributed by atoms with Crippen LogP contribution in [-0.4, -0.2) is 18.5 Å². The molecular weight excluding hydrogens is 232 g/mol. The molecule has 0 saturated carbocycles. The molecule has 0 unspecified atom stereocenters. The molecule has 0 aliphatic heterocycles. The molecule has 94 valence electrons. The van der Waals surface area contributed by atoms with Gasteiger partial charge in [0, 0.05) is 6.08 Å². The van der Waals surface area contributed by atoms with E-state index < -0.39 is 11.9 Å². The zero-order valence-corrected chi connectivity index (χ0v) is 10.1. The Morgan fingerprint density at radius 3 is 2.50 bits per heavy atom. The summed E-state index contributed by atoms with van der Waals surface area (Å²) >= 11 is 0. The summed E-state index contributed by atoms with van der Waals surface area (Å²) in [5.74, 6) is -0.613. The summed E-state index contributed by atoms with van der Waals surface area (Å²) in [5, 5.41) is 0. The third-order valence-corrected chi connectivity index (χ3v) is 2.02. The van der Waals surface area contributed by atoms with Gasteiger partial charge in [0.25, 0.3) is 0 Å². The smallest absolute Gasteiger partial charge is 0.338 e. The highest BCUT2D eigenvalue weighted by Crippen LogP contribution is 2.13. The van der Waals surface area contributed by atoms with Crippen molar-refractivity contribution in [3.05, 3.63) is 54.6 Å². The average Bonchev–Trinajstić information content (AvgIpc) is 2.39. The molecule has 1 aromatic rings. The lowest BCUT2D eigenvalue weighted by atomic mass is 10.2. The van der Waals surface area contributed by atoms with Crippen LogP contribution < -0.4 is 4.74 Å². The Balaban J connectivity index is 2.61. The van der Waals surface area contributed by atoms with Gasteiger partial charge in [0.05, 0.1) is 5.56 Å². The van der Waals surface area contributed by atoms with Crippen molar-refractivity contribution in [1.29, 1.82) is 0 Å². The lowest BCUT2D eigenvalue weighted by Gasteiger charge is -2.04. The molecule has 4 heteroatoms. The van der Waals surface area contributed by atoms with Gasteiger partial charge in [-0.05, 0) is 31.2 Å². The topological polar surface area (TPSA) is 52.6 Å². The minimum Gasteiger partial charge on any atom is -0.458 e. The summed E-state index contributed by atoms with van der Waals surface area (Å²) in [5.41, 5.74) is 0.401. The van der Waals surface area contributed by atoms with Crippen molar-refractivity contribution in [1.82, 2.24) is 0 Å². The first-order valence-electron chi connectivity index (χ1n) is 5.40. The molecule has 0 aromatic heterocycles. The molecule has 0 saturated heterocycles. The number of esters is 2. The van der Waals surface area contributed by atoms with Gasteiger partial charge in [0.1, 0.15) is 12.4 Å². The van der Waals surface area contributed by atoms with Crippen molar-refractivity contribution in [2.24, 2.45) is 0 Å².